The number of aromatic nitrogens is 1. The highest BCUT2D eigenvalue weighted by atomic mass is 32.1. The second-order valence-electron chi connectivity index (χ2n) is 11.3. The summed E-state index contributed by atoms with van der Waals surface area (Å²) in [4.78, 5) is 64.5. The van der Waals surface area contributed by atoms with Crippen LogP contribution in [0.3, 0.4) is 0 Å². The zero-order chi connectivity index (χ0) is 32.5. The van der Waals surface area contributed by atoms with Crippen molar-refractivity contribution in [1.82, 2.24) is 4.98 Å². The van der Waals surface area contributed by atoms with Crippen LogP contribution in [-0.4, -0.2) is 29.4 Å². The lowest BCUT2D eigenvalue weighted by atomic mass is 9.84. The summed E-state index contributed by atoms with van der Waals surface area (Å²) < 4.78 is 25.2. The predicted molar refractivity (Wildman–Crippen MR) is 171 cm³/mol. The van der Waals surface area contributed by atoms with Gasteiger partial charge in [0.15, 0.2) is 16.1 Å². The Hall–Kier alpha value is -5.42. The molecule has 5 aromatic rings. The number of ether oxygens (including phenoxy) is 1. The Kier molecular flexibility index (Phi) is 6.75. The number of thiazole rings is 1. The Morgan fingerprint density at radius 1 is 1.07 bits per heavy atom. The Morgan fingerprint density at radius 2 is 1.78 bits per heavy atom. The molecule has 1 unspecified atom stereocenters. The Labute approximate surface area is 266 Å². The third kappa shape index (κ3) is 4.08. The minimum Gasteiger partial charge on any atom is -0.457 e. The number of hydrogen-bond acceptors (Lipinski definition) is 8. The van der Waals surface area contributed by atoms with E-state index in [1.807, 2.05) is 13.8 Å². The number of anilines is 2. The topological polar surface area (TPSA) is 110 Å². The number of esters is 1. The van der Waals surface area contributed by atoms with Gasteiger partial charge in [-0.3, -0.25) is 19.3 Å². The molecule has 2 aromatic heterocycles. The Bertz CT molecular complexity index is 2200. The minimum absolute atomic E-state index is 0.0158. The predicted octanol–water partition coefficient (Wildman–Crippen LogP) is 6.11. The van der Waals surface area contributed by atoms with Gasteiger partial charge >= 0.3 is 5.97 Å². The summed E-state index contributed by atoms with van der Waals surface area (Å²) in [6, 6.07) is 16.0. The lowest BCUT2D eigenvalue weighted by Crippen LogP contribution is -2.53. The zero-order valence-corrected chi connectivity index (χ0v) is 25.9. The molecule has 2 aliphatic heterocycles. The standard InChI is InChI=1S/C35H26FN3O6S/c1-5-14-44-32(42)30-20(4)37-34(46-30)39-31(41)29-27(28(40)23-15-18(2)19(3)16-26(23)45-29)35(39)24-8-6-7-9-25(24)38(33(35)43)17-21-10-12-22(36)13-11-21/h5-13,15-16H,1,14,17H2,2-4H3. The minimum atomic E-state index is -2.01. The van der Waals surface area contributed by atoms with Crippen LogP contribution in [0.25, 0.3) is 11.0 Å². The maximum atomic E-state index is 15.1. The Balaban J connectivity index is 1.52. The number of carbonyl (C=O) groups excluding carboxylic acids is 3. The number of para-hydroxylation sites is 1. The van der Waals surface area contributed by atoms with E-state index in [-0.39, 0.29) is 51.1 Å². The second kappa shape index (κ2) is 10.6. The van der Waals surface area contributed by atoms with Crippen molar-refractivity contribution in [2.45, 2.75) is 32.9 Å². The highest BCUT2D eigenvalue weighted by molar-refractivity contribution is 7.17. The van der Waals surface area contributed by atoms with Crippen molar-refractivity contribution in [3.05, 3.63) is 134 Å². The van der Waals surface area contributed by atoms with Crippen molar-refractivity contribution >= 4 is 50.9 Å². The molecule has 0 aliphatic carbocycles. The molecule has 0 saturated heterocycles. The van der Waals surface area contributed by atoms with E-state index in [0.717, 1.165) is 22.5 Å². The third-order valence-electron chi connectivity index (χ3n) is 8.49. The summed E-state index contributed by atoms with van der Waals surface area (Å²) in [5, 5.41) is 0.240. The van der Waals surface area contributed by atoms with Crippen LogP contribution in [0.2, 0.25) is 0 Å². The average Bonchev–Trinajstić information content (AvgIpc) is 3.63. The SMILES string of the molecule is C=CCOC(=O)c1sc(N2C(=O)c3oc4cc(C)c(C)cc4c(=O)c3C23C(=O)N(Cc2ccc(F)cc2)c2ccccc23)nc1C. The summed E-state index contributed by atoms with van der Waals surface area (Å²) in [6.45, 7) is 8.89. The fourth-order valence-electron chi connectivity index (χ4n) is 6.21. The molecule has 0 fully saturated rings. The molecule has 11 heteroatoms. The van der Waals surface area contributed by atoms with Crippen LogP contribution in [0.4, 0.5) is 15.2 Å². The van der Waals surface area contributed by atoms with E-state index < -0.39 is 34.6 Å². The van der Waals surface area contributed by atoms with E-state index >= 15 is 4.79 Å². The molecule has 0 saturated carbocycles. The van der Waals surface area contributed by atoms with Crippen molar-refractivity contribution in [3.63, 3.8) is 0 Å². The number of halogens is 1. The first-order valence-corrected chi connectivity index (χ1v) is 15.2. The smallest absolute Gasteiger partial charge is 0.350 e. The molecule has 2 aliphatic rings. The molecule has 230 valence electrons. The lowest BCUT2D eigenvalue weighted by molar-refractivity contribution is -0.121. The number of hydrogen-bond donors (Lipinski definition) is 0. The van der Waals surface area contributed by atoms with Gasteiger partial charge in [0.05, 0.1) is 28.9 Å². The van der Waals surface area contributed by atoms with Gasteiger partial charge < -0.3 is 14.1 Å². The van der Waals surface area contributed by atoms with E-state index in [0.29, 0.717) is 16.8 Å². The number of fused-ring (bicyclic) bond motifs is 5. The number of carbonyl (C=O) groups is 3. The largest absolute Gasteiger partial charge is 0.457 e. The van der Waals surface area contributed by atoms with Crippen molar-refractivity contribution in [2.24, 2.45) is 0 Å². The monoisotopic (exact) mass is 635 g/mol. The van der Waals surface area contributed by atoms with Crippen LogP contribution in [0, 0.1) is 26.6 Å². The second-order valence-corrected chi connectivity index (χ2v) is 12.2. The van der Waals surface area contributed by atoms with Crippen LogP contribution in [-0.2, 0) is 21.6 Å². The molecule has 2 amide bonds. The molecule has 9 nitrogen and oxygen atoms in total. The Morgan fingerprint density at radius 3 is 2.52 bits per heavy atom. The van der Waals surface area contributed by atoms with Gasteiger partial charge in [0.25, 0.3) is 11.8 Å². The van der Waals surface area contributed by atoms with Crippen molar-refractivity contribution in [1.29, 1.82) is 0 Å². The molecule has 1 atom stereocenters. The van der Waals surface area contributed by atoms with E-state index in [2.05, 4.69) is 11.6 Å². The van der Waals surface area contributed by atoms with E-state index in [1.165, 1.54) is 28.0 Å². The first-order valence-electron chi connectivity index (χ1n) is 14.4. The fraction of sp³-hybridized carbons (Fsp3) is 0.171. The van der Waals surface area contributed by atoms with Crippen LogP contribution >= 0.6 is 11.3 Å². The highest BCUT2D eigenvalue weighted by Crippen LogP contribution is 2.55. The van der Waals surface area contributed by atoms with Gasteiger partial charge in [-0.05, 0) is 67.8 Å². The first kappa shape index (κ1) is 29.3. The molecular weight excluding hydrogens is 609 g/mol. The summed E-state index contributed by atoms with van der Waals surface area (Å²) >= 11 is 0.878. The summed E-state index contributed by atoms with van der Waals surface area (Å²) in [5.41, 5.74) is 0.984. The van der Waals surface area contributed by atoms with E-state index in [1.54, 1.807) is 55.5 Å². The number of amides is 2. The maximum Gasteiger partial charge on any atom is 0.350 e. The number of aryl methyl sites for hydroxylation is 3. The van der Waals surface area contributed by atoms with Gasteiger partial charge in [-0.1, -0.05) is 54.3 Å². The van der Waals surface area contributed by atoms with Gasteiger partial charge in [0, 0.05) is 5.56 Å². The normalized spacial score (nSPS) is 16.8. The molecule has 4 heterocycles. The molecule has 0 bridgehead atoms. The quantitative estimate of drug-likeness (QED) is 0.164. The molecule has 0 N–H and O–H groups in total. The van der Waals surface area contributed by atoms with Gasteiger partial charge in [-0.15, -0.1) is 0 Å². The summed E-state index contributed by atoms with van der Waals surface area (Å²) in [5.74, 6) is -2.72. The zero-order valence-electron chi connectivity index (χ0n) is 25.0. The van der Waals surface area contributed by atoms with Crippen LogP contribution in [0.15, 0.2) is 82.5 Å². The molecular formula is C35H26FN3O6S. The maximum absolute atomic E-state index is 15.1. The highest BCUT2D eigenvalue weighted by Gasteiger charge is 2.66. The number of rotatable bonds is 6. The molecule has 0 radical (unpaired) electrons. The molecule has 7 rings (SSSR count). The van der Waals surface area contributed by atoms with Crippen molar-refractivity contribution in [3.8, 4) is 0 Å². The van der Waals surface area contributed by atoms with Crippen molar-refractivity contribution in [2.75, 3.05) is 16.4 Å². The third-order valence-corrected chi connectivity index (χ3v) is 9.61. The molecule has 46 heavy (non-hydrogen) atoms. The van der Waals surface area contributed by atoms with Crippen molar-refractivity contribution < 1.29 is 27.9 Å². The van der Waals surface area contributed by atoms with Gasteiger partial charge in [0.1, 0.15) is 22.9 Å². The van der Waals surface area contributed by atoms with Crippen LogP contribution in [0.1, 0.15) is 53.7 Å². The van der Waals surface area contributed by atoms with Crippen LogP contribution in [0.5, 0.6) is 0 Å². The number of nitrogens with zero attached hydrogens (tertiary/aromatic N) is 3. The summed E-state index contributed by atoms with van der Waals surface area (Å²) in [7, 11) is 0. The fourth-order valence-corrected chi connectivity index (χ4v) is 7.23. The van der Waals surface area contributed by atoms with Gasteiger partial charge in [-0.25, -0.2) is 14.2 Å². The lowest BCUT2D eigenvalue weighted by Gasteiger charge is -2.32. The average molecular weight is 636 g/mol. The van der Waals surface area contributed by atoms with E-state index in [9.17, 15) is 18.8 Å². The molecule has 1 spiro atoms. The molecule has 3 aromatic carbocycles. The van der Waals surface area contributed by atoms with E-state index in [4.69, 9.17) is 9.15 Å². The van der Waals surface area contributed by atoms with Gasteiger partial charge in [-0.2, -0.15) is 0 Å². The van der Waals surface area contributed by atoms with Crippen LogP contribution < -0.4 is 15.2 Å². The summed E-state index contributed by atoms with van der Waals surface area (Å²) in [6.07, 6.45) is 1.43. The first-order chi connectivity index (χ1) is 22.1. The number of benzene rings is 3. The van der Waals surface area contributed by atoms with Gasteiger partial charge in [0.2, 0.25) is 5.76 Å².